The van der Waals surface area contributed by atoms with Crippen LogP contribution in [0.1, 0.15) is 21.5 Å². The van der Waals surface area contributed by atoms with Gasteiger partial charge in [0.05, 0.1) is 7.11 Å². The second kappa shape index (κ2) is 7.23. The van der Waals surface area contributed by atoms with Gasteiger partial charge in [0.15, 0.2) is 23.0 Å². The molecule has 0 radical (unpaired) electrons. The van der Waals surface area contributed by atoms with E-state index in [1.807, 2.05) is 0 Å². The van der Waals surface area contributed by atoms with Gasteiger partial charge in [0.2, 0.25) is 0 Å². The molecule has 0 unspecified atom stereocenters. The first-order valence-corrected chi connectivity index (χ1v) is 6.94. The quantitative estimate of drug-likeness (QED) is 0.496. The summed E-state index contributed by atoms with van der Waals surface area (Å²) in [5.41, 5.74) is 0.653. The highest BCUT2D eigenvalue weighted by Crippen LogP contribution is 2.33. The van der Waals surface area contributed by atoms with Crippen LogP contribution in [-0.2, 0) is 0 Å². The number of benzene rings is 2. The van der Waals surface area contributed by atoms with E-state index in [1.165, 1.54) is 31.4 Å². The van der Waals surface area contributed by atoms with E-state index in [0.29, 0.717) is 5.75 Å². The number of carbonyl (C=O) groups is 1. The van der Waals surface area contributed by atoms with Gasteiger partial charge >= 0.3 is 5.97 Å². The van der Waals surface area contributed by atoms with Gasteiger partial charge < -0.3 is 25.2 Å². The molecule has 0 heterocycles. The molecular formula is C18H16O6. The zero-order valence-corrected chi connectivity index (χ0v) is 12.8. The number of aromatic hydroxyl groups is 3. The molecule has 0 fully saturated rings. The second-order valence-electron chi connectivity index (χ2n) is 4.85. The molecule has 2 rings (SSSR count). The molecule has 0 atom stereocenters. The van der Waals surface area contributed by atoms with E-state index in [1.54, 1.807) is 30.4 Å². The van der Waals surface area contributed by atoms with Gasteiger partial charge in [-0.15, -0.1) is 0 Å². The summed E-state index contributed by atoms with van der Waals surface area (Å²) in [6.07, 6.45) is 6.51. The summed E-state index contributed by atoms with van der Waals surface area (Å²) < 4.78 is 4.95. The predicted molar refractivity (Wildman–Crippen MR) is 89.5 cm³/mol. The number of ether oxygens (including phenoxy) is 1. The fourth-order valence-corrected chi connectivity index (χ4v) is 2.04. The van der Waals surface area contributed by atoms with Gasteiger partial charge in [0.1, 0.15) is 5.56 Å². The Hall–Kier alpha value is -3.41. The molecule has 6 heteroatoms. The Morgan fingerprint density at radius 3 is 2.33 bits per heavy atom. The van der Waals surface area contributed by atoms with Crippen molar-refractivity contribution in [3.63, 3.8) is 0 Å². The van der Waals surface area contributed by atoms with E-state index in [-0.39, 0.29) is 16.9 Å². The van der Waals surface area contributed by atoms with Crippen molar-refractivity contribution < 1.29 is 30.0 Å². The van der Waals surface area contributed by atoms with Crippen LogP contribution in [0.5, 0.6) is 23.0 Å². The maximum atomic E-state index is 10.8. The van der Waals surface area contributed by atoms with Gasteiger partial charge in [-0.1, -0.05) is 36.4 Å². The first-order valence-electron chi connectivity index (χ1n) is 6.94. The second-order valence-corrected chi connectivity index (χ2v) is 4.85. The monoisotopic (exact) mass is 328 g/mol. The highest BCUT2D eigenvalue weighted by Gasteiger charge is 2.14. The van der Waals surface area contributed by atoms with Crippen molar-refractivity contribution in [3.8, 4) is 23.0 Å². The van der Waals surface area contributed by atoms with Crippen LogP contribution in [0.4, 0.5) is 0 Å². The van der Waals surface area contributed by atoms with Gasteiger partial charge in [-0.3, -0.25) is 0 Å². The molecule has 0 amide bonds. The lowest BCUT2D eigenvalue weighted by Gasteiger charge is -2.04. The summed E-state index contributed by atoms with van der Waals surface area (Å²) in [6.45, 7) is 0. The van der Waals surface area contributed by atoms with Crippen LogP contribution in [0.2, 0.25) is 0 Å². The highest BCUT2D eigenvalue weighted by molar-refractivity contribution is 5.92. The van der Waals surface area contributed by atoms with Crippen LogP contribution < -0.4 is 4.74 Å². The third-order valence-electron chi connectivity index (χ3n) is 3.29. The predicted octanol–water partition coefficient (Wildman–Crippen LogP) is 3.24. The minimum Gasteiger partial charge on any atom is -0.504 e. The Bertz CT molecular complexity index is 820. The van der Waals surface area contributed by atoms with Crippen molar-refractivity contribution in [2.45, 2.75) is 0 Å². The number of carboxylic acids is 1. The molecule has 24 heavy (non-hydrogen) atoms. The maximum absolute atomic E-state index is 10.8. The molecule has 124 valence electrons. The lowest BCUT2D eigenvalue weighted by molar-refractivity contribution is 0.0693. The van der Waals surface area contributed by atoms with Crippen LogP contribution in [0.15, 0.2) is 42.5 Å². The fraction of sp³-hybridized carbons (Fsp3) is 0.0556. The summed E-state index contributed by atoms with van der Waals surface area (Å²) in [6, 6.07) is 7.53. The van der Waals surface area contributed by atoms with Crippen molar-refractivity contribution in [3.05, 3.63) is 59.2 Å². The molecule has 6 nitrogen and oxygen atoms in total. The van der Waals surface area contributed by atoms with Crippen LogP contribution in [0.25, 0.3) is 12.2 Å². The van der Waals surface area contributed by atoms with Crippen LogP contribution in [0.3, 0.4) is 0 Å². The number of phenols is 3. The van der Waals surface area contributed by atoms with Crippen LogP contribution in [-0.4, -0.2) is 33.5 Å². The molecule has 0 saturated carbocycles. The number of hydrogen-bond donors (Lipinski definition) is 4. The molecular weight excluding hydrogens is 312 g/mol. The van der Waals surface area contributed by atoms with Gasteiger partial charge in [-0.05, 0) is 23.8 Å². The molecule has 0 aromatic heterocycles. The zero-order valence-electron chi connectivity index (χ0n) is 12.8. The summed E-state index contributed by atoms with van der Waals surface area (Å²) in [5.74, 6) is -2.09. The number of aromatic carboxylic acids is 1. The lowest BCUT2D eigenvalue weighted by Crippen LogP contribution is -1.97. The van der Waals surface area contributed by atoms with E-state index in [4.69, 9.17) is 9.84 Å². The summed E-state index contributed by atoms with van der Waals surface area (Å²) in [7, 11) is 1.46. The molecule has 0 bridgehead atoms. The Labute approximate surface area is 138 Å². The standard InChI is InChI=1S/C18H16O6/c1-24-15-9-6-11(10-14(15)19)4-2-3-5-12-7-8-13(18(22)23)17(21)16(12)20/h2-10,19-21H,1H3,(H,22,23)/b4-2+,5-3+. The van der Waals surface area contributed by atoms with Gasteiger partial charge in [0, 0.05) is 5.56 Å². The number of methoxy groups -OCH3 is 1. The number of rotatable bonds is 5. The lowest BCUT2D eigenvalue weighted by atomic mass is 10.1. The minimum absolute atomic E-state index is 0.0236. The van der Waals surface area contributed by atoms with Crippen molar-refractivity contribution in [2.75, 3.05) is 7.11 Å². The van der Waals surface area contributed by atoms with Crippen LogP contribution in [0, 0.1) is 0 Å². The topological polar surface area (TPSA) is 107 Å². The summed E-state index contributed by atoms with van der Waals surface area (Å²) >= 11 is 0. The molecule has 2 aromatic carbocycles. The van der Waals surface area contributed by atoms with E-state index < -0.39 is 17.5 Å². The molecule has 0 aliphatic heterocycles. The molecule has 0 aliphatic carbocycles. The number of hydrogen-bond acceptors (Lipinski definition) is 5. The molecule has 4 N–H and O–H groups in total. The third kappa shape index (κ3) is 3.67. The van der Waals surface area contributed by atoms with Crippen molar-refractivity contribution >= 4 is 18.1 Å². The third-order valence-corrected chi connectivity index (χ3v) is 3.29. The normalized spacial score (nSPS) is 11.2. The van der Waals surface area contributed by atoms with Crippen LogP contribution >= 0.6 is 0 Å². The van der Waals surface area contributed by atoms with Gasteiger partial charge in [-0.2, -0.15) is 0 Å². The largest absolute Gasteiger partial charge is 0.504 e. The maximum Gasteiger partial charge on any atom is 0.339 e. The van der Waals surface area contributed by atoms with Gasteiger partial charge in [-0.25, -0.2) is 4.79 Å². The molecule has 0 saturated heterocycles. The fourth-order valence-electron chi connectivity index (χ4n) is 2.04. The number of allylic oxidation sites excluding steroid dienone is 2. The zero-order chi connectivity index (χ0) is 17.7. The van der Waals surface area contributed by atoms with Crippen molar-refractivity contribution in [1.29, 1.82) is 0 Å². The number of carboxylic acid groups (broad SMARTS) is 1. The Balaban J connectivity index is 2.16. The average molecular weight is 328 g/mol. The SMILES string of the molecule is COc1ccc(/C=C/C=C/c2ccc(C(=O)O)c(O)c2O)cc1O. The Kier molecular flexibility index (Phi) is 5.11. The summed E-state index contributed by atoms with van der Waals surface area (Å²) in [4.78, 5) is 10.8. The summed E-state index contributed by atoms with van der Waals surface area (Å²) in [5, 5.41) is 38.0. The Morgan fingerprint density at radius 2 is 1.71 bits per heavy atom. The van der Waals surface area contributed by atoms with E-state index in [9.17, 15) is 20.1 Å². The minimum atomic E-state index is -1.32. The molecule has 0 spiro atoms. The average Bonchev–Trinajstić information content (AvgIpc) is 2.55. The van der Waals surface area contributed by atoms with E-state index >= 15 is 0 Å². The first kappa shape index (κ1) is 17.0. The number of phenolic OH excluding ortho intramolecular Hbond substituents is 2. The smallest absolute Gasteiger partial charge is 0.339 e. The molecule has 2 aromatic rings. The Morgan fingerprint density at radius 1 is 1.00 bits per heavy atom. The van der Waals surface area contributed by atoms with Crippen molar-refractivity contribution in [2.24, 2.45) is 0 Å². The van der Waals surface area contributed by atoms with Crippen molar-refractivity contribution in [1.82, 2.24) is 0 Å². The van der Waals surface area contributed by atoms with E-state index in [0.717, 1.165) is 5.56 Å². The molecule has 0 aliphatic rings. The van der Waals surface area contributed by atoms with E-state index in [2.05, 4.69) is 0 Å². The first-order chi connectivity index (χ1) is 11.4. The highest BCUT2D eigenvalue weighted by atomic mass is 16.5. The van der Waals surface area contributed by atoms with Gasteiger partial charge in [0.25, 0.3) is 0 Å².